The van der Waals surface area contributed by atoms with E-state index in [-0.39, 0.29) is 55.8 Å². The van der Waals surface area contributed by atoms with Crippen molar-refractivity contribution in [2.45, 2.75) is 56.8 Å². The van der Waals surface area contributed by atoms with Crippen LogP contribution in [0.15, 0.2) is 41.3 Å². The van der Waals surface area contributed by atoms with E-state index in [1.165, 1.54) is 53.9 Å². The van der Waals surface area contributed by atoms with Crippen LogP contribution in [0, 0.1) is 23.5 Å². The molecule has 0 bridgehead atoms. The molecule has 3 fully saturated rings. The fourth-order valence-corrected chi connectivity index (χ4v) is 11.0. The number of hydrogen-bond donors (Lipinski definition) is 0. The molecule has 0 spiro atoms. The van der Waals surface area contributed by atoms with E-state index in [9.17, 15) is 25.6 Å². The van der Waals surface area contributed by atoms with Crippen molar-refractivity contribution in [3.8, 4) is 5.75 Å². The number of piperazine rings is 1. The molecule has 2 saturated heterocycles. The molecule has 0 unspecified atom stereocenters. The van der Waals surface area contributed by atoms with Crippen molar-refractivity contribution in [2.75, 3.05) is 103 Å². The molecule has 0 amide bonds. The Kier molecular flexibility index (Phi) is 13.6. The number of sulfonamides is 1. The number of halogens is 2. The van der Waals surface area contributed by atoms with E-state index in [2.05, 4.69) is 4.90 Å². The van der Waals surface area contributed by atoms with Crippen LogP contribution in [0.25, 0.3) is 0 Å². The van der Waals surface area contributed by atoms with Gasteiger partial charge in [-0.1, -0.05) is 26.2 Å². The topological polar surface area (TPSA) is 97.0 Å². The number of anilines is 2. The third-order valence-electron chi connectivity index (χ3n) is 10.5. The maximum atomic E-state index is 14.5. The predicted molar refractivity (Wildman–Crippen MR) is 198 cm³/mol. The zero-order chi connectivity index (χ0) is 36.8. The first-order valence-corrected chi connectivity index (χ1v) is 21.2. The molecule has 2 aromatic carbocycles. The second-order valence-electron chi connectivity index (χ2n) is 14.5. The largest absolute Gasteiger partial charge is 0.491 e. The van der Waals surface area contributed by atoms with Crippen molar-refractivity contribution in [1.82, 2.24) is 17.8 Å². The van der Waals surface area contributed by atoms with Gasteiger partial charge in [0.15, 0.2) is 11.6 Å². The van der Waals surface area contributed by atoms with Crippen molar-refractivity contribution >= 4 is 31.6 Å². The van der Waals surface area contributed by atoms with Crippen LogP contribution in [0.2, 0.25) is 0 Å². The lowest BCUT2D eigenvalue weighted by Gasteiger charge is -2.39. The third kappa shape index (κ3) is 9.71. The monoisotopic (exact) mass is 754 g/mol. The molecule has 0 aromatic heterocycles. The van der Waals surface area contributed by atoms with Crippen LogP contribution in [0.1, 0.15) is 51.9 Å². The first kappa shape index (κ1) is 39.6. The van der Waals surface area contributed by atoms with Gasteiger partial charge < -0.3 is 19.4 Å². The number of ether oxygens (including phenoxy) is 1. The molecule has 0 N–H and O–H groups in total. The molecule has 5 rings (SSSR count). The first-order chi connectivity index (χ1) is 24.3. The summed E-state index contributed by atoms with van der Waals surface area (Å²) < 4.78 is 94.8. The Labute approximate surface area is 304 Å². The minimum absolute atomic E-state index is 0.159. The van der Waals surface area contributed by atoms with Gasteiger partial charge in [0.2, 0.25) is 15.8 Å². The first-order valence-electron chi connectivity index (χ1n) is 18.3. The second-order valence-corrected chi connectivity index (χ2v) is 18.4. The minimum Gasteiger partial charge on any atom is -0.491 e. The summed E-state index contributed by atoms with van der Waals surface area (Å²) in [4.78, 5) is 6.37. The van der Waals surface area contributed by atoms with Crippen LogP contribution in [0.3, 0.4) is 0 Å². The lowest BCUT2D eigenvalue weighted by Crippen LogP contribution is -2.54. The van der Waals surface area contributed by atoms with Crippen LogP contribution >= 0.6 is 0 Å². The number of hydrogen-bond acceptors (Lipinski definition) is 8. The molecule has 286 valence electrons. The van der Waals surface area contributed by atoms with E-state index in [0.717, 1.165) is 31.4 Å². The Hall–Kier alpha value is -2.56. The summed E-state index contributed by atoms with van der Waals surface area (Å²) in [5.41, 5.74) is 1.28. The summed E-state index contributed by atoms with van der Waals surface area (Å²) in [7, 11) is -2.66. The summed E-state index contributed by atoms with van der Waals surface area (Å²) in [6.45, 7) is 6.25. The van der Waals surface area contributed by atoms with Gasteiger partial charge in [-0.15, -0.1) is 0 Å². The molecule has 1 aliphatic carbocycles. The smallest absolute Gasteiger partial charge is 0.282 e. The summed E-state index contributed by atoms with van der Waals surface area (Å²) in [6.07, 6.45) is 7.50. The van der Waals surface area contributed by atoms with Crippen molar-refractivity contribution in [2.24, 2.45) is 11.8 Å². The summed E-state index contributed by atoms with van der Waals surface area (Å²) in [6, 6.07) is 9.40. The highest BCUT2D eigenvalue weighted by molar-refractivity contribution is 7.89. The Bertz CT molecular complexity index is 1650. The fraction of sp³-hybridized carbons (Fsp3) is 0.667. The molecule has 0 radical (unpaired) electrons. The van der Waals surface area contributed by atoms with Gasteiger partial charge in [-0.05, 0) is 87.0 Å². The minimum atomic E-state index is -3.92. The predicted octanol–water partition coefficient (Wildman–Crippen LogP) is 4.71. The normalized spacial score (nSPS) is 22.3. The molecule has 1 atom stereocenters. The van der Waals surface area contributed by atoms with Crippen molar-refractivity contribution in [1.29, 1.82) is 0 Å². The van der Waals surface area contributed by atoms with Gasteiger partial charge in [0.25, 0.3) is 10.2 Å². The highest BCUT2D eigenvalue weighted by Gasteiger charge is 2.36. The van der Waals surface area contributed by atoms with Gasteiger partial charge in [-0.25, -0.2) is 12.8 Å². The summed E-state index contributed by atoms with van der Waals surface area (Å²) >= 11 is 0. The summed E-state index contributed by atoms with van der Waals surface area (Å²) in [5, 5.41) is 0. The molecule has 1 saturated carbocycles. The maximum absolute atomic E-state index is 14.5. The zero-order valence-electron chi connectivity index (χ0n) is 30.6. The molecule has 15 heteroatoms. The number of rotatable bonds is 9. The molecule has 2 aliphatic heterocycles. The van der Waals surface area contributed by atoms with E-state index >= 15 is 0 Å². The van der Waals surface area contributed by atoms with E-state index in [0.29, 0.717) is 37.5 Å². The molecule has 11 nitrogen and oxygen atoms in total. The lowest BCUT2D eigenvalue weighted by atomic mass is 9.89. The van der Waals surface area contributed by atoms with Crippen molar-refractivity contribution < 1.29 is 30.4 Å². The molecule has 3 aliphatic rings. The van der Waals surface area contributed by atoms with Gasteiger partial charge >= 0.3 is 0 Å². The number of benzene rings is 2. The third-order valence-corrected chi connectivity index (χ3v) is 14.4. The van der Waals surface area contributed by atoms with E-state index in [1.807, 2.05) is 30.8 Å². The molecular formula is C36H56F2N6O5S2. The van der Waals surface area contributed by atoms with Gasteiger partial charge in [-0.2, -0.15) is 25.7 Å². The Balaban J connectivity index is 1.35. The second kappa shape index (κ2) is 17.5. The van der Waals surface area contributed by atoms with Gasteiger partial charge in [-0.3, -0.25) is 0 Å². The van der Waals surface area contributed by atoms with Crippen LogP contribution in [0.5, 0.6) is 5.75 Å². The highest BCUT2D eigenvalue weighted by Crippen LogP contribution is 2.34. The number of methoxy groups -OCH3 is 1. The van der Waals surface area contributed by atoms with Crippen molar-refractivity contribution in [3.63, 3.8) is 0 Å². The quantitative estimate of drug-likeness (QED) is 0.364. The SMILES string of the molecule is COc1c(N2CCN(S(=O)(=O)N3CCCN(CC4CCCCC4)CCCN(S(=O)(=O)c4ccc(N(C)C)cc4)C[C@H](C)C3)CC2)ccc(F)c1F. The average Bonchev–Trinajstić information content (AvgIpc) is 3.11. The van der Waals surface area contributed by atoms with E-state index < -0.39 is 31.9 Å². The lowest BCUT2D eigenvalue weighted by molar-refractivity contribution is 0.179. The van der Waals surface area contributed by atoms with Crippen LogP contribution in [-0.4, -0.2) is 128 Å². The van der Waals surface area contributed by atoms with Gasteiger partial charge in [0, 0.05) is 78.7 Å². The van der Waals surface area contributed by atoms with Crippen molar-refractivity contribution in [3.05, 3.63) is 48.0 Å². The van der Waals surface area contributed by atoms with Gasteiger partial charge in [0.1, 0.15) is 0 Å². The van der Waals surface area contributed by atoms with Crippen LogP contribution in [0.4, 0.5) is 20.2 Å². The Morgan fingerprint density at radius 2 is 1.35 bits per heavy atom. The Morgan fingerprint density at radius 1 is 0.745 bits per heavy atom. The molecular weight excluding hydrogens is 699 g/mol. The van der Waals surface area contributed by atoms with E-state index in [1.54, 1.807) is 28.6 Å². The zero-order valence-corrected chi connectivity index (χ0v) is 32.3. The standard InChI is InChI=1S/C36H56F2N6O5S2/c1-29-26-43(50(45,46)32-14-12-31(13-15-32)39(2)3)20-8-18-40(28-30-10-6-5-7-11-30)19-9-21-44(27-29)51(47,48)42-24-22-41(23-25-42)34-17-16-33(37)35(38)36(34)49-4/h12-17,29-30H,5-11,18-28H2,1-4H3/t29-/m0/s1. The average molecular weight is 755 g/mol. The highest BCUT2D eigenvalue weighted by atomic mass is 32.2. The summed E-state index contributed by atoms with van der Waals surface area (Å²) in [5.74, 6) is -1.95. The van der Waals surface area contributed by atoms with Crippen LogP contribution in [-0.2, 0) is 20.2 Å². The molecule has 51 heavy (non-hydrogen) atoms. The van der Waals surface area contributed by atoms with Gasteiger partial charge in [0.05, 0.1) is 17.7 Å². The maximum Gasteiger partial charge on any atom is 0.282 e. The molecule has 2 aromatic rings. The molecule has 2 heterocycles. The number of nitrogens with zero attached hydrogens (tertiary/aromatic N) is 6. The fourth-order valence-electron chi connectivity index (χ4n) is 7.69. The van der Waals surface area contributed by atoms with Crippen LogP contribution < -0.4 is 14.5 Å². The Morgan fingerprint density at radius 3 is 1.96 bits per heavy atom. The van der Waals surface area contributed by atoms with E-state index in [4.69, 9.17) is 4.74 Å².